The Bertz CT molecular complexity index is 291. The van der Waals surface area contributed by atoms with Crippen molar-refractivity contribution in [3.8, 4) is 0 Å². The molecule has 0 saturated heterocycles. The average molecular weight is 193 g/mol. The molecule has 0 spiro atoms. The van der Waals surface area contributed by atoms with E-state index in [1.54, 1.807) is 6.20 Å². The van der Waals surface area contributed by atoms with Crippen LogP contribution < -0.4 is 0 Å². The minimum atomic E-state index is -0.819. The summed E-state index contributed by atoms with van der Waals surface area (Å²) in [4.78, 5) is 4.17. The van der Waals surface area contributed by atoms with Crippen molar-refractivity contribution in [2.24, 2.45) is 0 Å². The number of rotatable bonds is 1. The third-order valence-corrected chi connectivity index (χ3v) is 2.92. The van der Waals surface area contributed by atoms with Crippen molar-refractivity contribution in [1.29, 1.82) is 0 Å². The van der Waals surface area contributed by atoms with Crippen LogP contribution in [0, 0.1) is 0 Å². The van der Waals surface area contributed by atoms with Crippen LogP contribution in [0.15, 0.2) is 24.4 Å². The van der Waals surface area contributed by atoms with Gasteiger partial charge in [0.05, 0.1) is 11.8 Å². The third-order valence-electron chi connectivity index (χ3n) is 2.92. The molecule has 1 aliphatic carbocycles. The molecule has 1 aromatic rings. The first-order chi connectivity index (χ1) is 6.71. The summed E-state index contributed by atoms with van der Waals surface area (Å²) in [5.41, 5.74) is -0.0903. The largest absolute Gasteiger partial charge is 0.393 e. The summed E-state index contributed by atoms with van der Waals surface area (Å²) in [6.07, 6.45) is 3.97. The molecule has 0 unspecified atom stereocenters. The first-order valence-corrected chi connectivity index (χ1v) is 5.03. The van der Waals surface area contributed by atoms with E-state index >= 15 is 0 Å². The van der Waals surface area contributed by atoms with E-state index < -0.39 is 5.60 Å². The number of aliphatic hydroxyl groups excluding tert-OH is 1. The van der Waals surface area contributed by atoms with E-state index in [0.717, 1.165) is 5.69 Å². The Labute approximate surface area is 83.4 Å². The van der Waals surface area contributed by atoms with Crippen LogP contribution in [0.5, 0.6) is 0 Å². The lowest BCUT2D eigenvalue weighted by Gasteiger charge is -2.33. The summed E-state index contributed by atoms with van der Waals surface area (Å²) in [5.74, 6) is 0. The van der Waals surface area contributed by atoms with Gasteiger partial charge in [-0.05, 0) is 37.8 Å². The minimum Gasteiger partial charge on any atom is -0.393 e. The second-order valence-electron chi connectivity index (χ2n) is 3.98. The van der Waals surface area contributed by atoms with Gasteiger partial charge in [-0.25, -0.2) is 0 Å². The van der Waals surface area contributed by atoms with Crippen LogP contribution in [-0.4, -0.2) is 21.3 Å². The lowest BCUT2D eigenvalue weighted by molar-refractivity contribution is -0.0391. The first kappa shape index (κ1) is 9.62. The molecule has 0 atom stereocenters. The SMILES string of the molecule is O[C@H]1CC[C@](O)(c2ccccn2)CC1. The van der Waals surface area contributed by atoms with E-state index in [9.17, 15) is 10.2 Å². The van der Waals surface area contributed by atoms with Crippen molar-refractivity contribution in [1.82, 2.24) is 4.98 Å². The zero-order chi connectivity index (χ0) is 10.0. The fourth-order valence-corrected chi connectivity index (χ4v) is 1.97. The van der Waals surface area contributed by atoms with Crippen LogP contribution in [0.25, 0.3) is 0 Å². The number of hydrogen-bond donors (Lipinski definition) is 2. The molecule has 1 aliphatic rings. The molecule has 1 fully saturated rings. The van der Waals surface area contributed by atoms with E-state index in [1.165, 1.54) is 0 Å². The maximum absolute atomic E-state index is 10.3. The van der Waals surface area contributed by atoms with E-state index in [2.05, 4.69) is 4.98 Å². The molecule has 2 N–H and O–H groups in total. The van der Waals surface area contributed by atoms with Crippen LogP contribution in [-0.2, 0) is 5.60 Å². The average Bonchev–Trinajstić information content (AvgIpc) is 2.24. The Morgan fingerprint density at radius 1 is 1.29 bits per heavy atom. The van der Waals surface area contributed by atoms with Crippen molar-refractivity contribution in [2.45, 2.75) is 37.4 Å². The Hall–Kier alpha value is -0.930. The van der Waals surface area contributed by atoms with Gasteiger partial charge in [0.1, 0.15) is 5.60 Å². The summed E-state index contributed by atoms with van der Waals surface area (Å²) in [6, 6.07) is 5.56. The van der Waals surface area contributed by atoms with E-state index in [0.29, 0.717) is 25.7 Å². The summed E-state index contributed by atoms with van der Waals surface area (Å²) >= 11 is 0. The van der Waals surface area contributed by atoms with Crippen molar-refractivity contribution in [3.63, 3.8) is 0 Å². The summed E-state index contributed by atoms with van der Waals surface area (Å²) < 4.78 is 0. The van der Waals surface area contributed by atoms with Gasteiger partial charge in [-0.1, -0.05) is 6.07 Å². The van der Waals surface area contributed by atoms with Crippen LogP contribution in [0.4, 0.5) is 0 Å². The molecular weight excluding hydrogens is 178 g/mol. The Kier molecular flexibility index (Phi) is 2.52. The molecule has 14 heavy (non-hydrogen) atoms. The fourth-order valence-electron chi connectivity index (χ4n) is 1.97. The summed E-state index contributed by atoms with van der Waals surface area (Å²) in [6.45, 7) is 0. The van der Waals surface area contributed by atoms with Gasteiger partial charge in [0.15, 0.2) is 0 Å². The summed E-state index contributed by atoms with van der Waals surface area (Å²) in [5, 5.41) is 19.6. The molecule has 76 valence electrons. The van der Waals surface area contributed by atoms with E-state index in [4.69, 9.17) is 0 Å². The standard InChI is InChI=1S/C11H15NO2/c13-9-4-6-11(14,7-5-9)10-3-1-2-8-12-10/h1-3,8-9,13-14H,4-7H2/t9-,11+. The van der Waals surface area contributed by atoms with Crippen LogP contribution in [0.3, 0.4) is 0 Å². The molecule has 3 nitrogen and oxygen atoms in total. The molecule has 3 heteroatoms. The first-order valence-electron chi connectivity index (χ1n) is 5.03. The van der Waals surface area contributed by atoms with Gasteiger partial charge in [0, 0.05) is 6.20 Å². The highest BCUT2D eigenvalue weighted by molar-refractivity contribution is 5.13. The maximum atomic E-state index is 10.3. The second-order valence-corrected chi connectivity index (χ2v) is 3.98. The van der Waals surface area contributed by atoms with Gasteiger partial charge in [-0.15, -0.1) is 0 Å². The Balaban J connectivity index is 2.17. The number of aromatic nitrogens is 1. The lowest BCUT2D eigenvalue weighted by Crippen LogP contribution is -2.33. The number of nitrogens with zero attached hydrogens (tertiary/aromatic N) is 1. The van der Waals surface area contributed by atoms with Crippen LogP contribution >= 0.6 is 0 Å². The molecule has 1 saturated carbocycles. The highest BCUT2D eigenvalue weighted by Gasteiger charge is 2.35. The van der Waals surface area contributed by atoms with E-state index in [-0.39, 0.29) is 6.10 Å². The van der Waals surface area contributed by atoms with Gasteiger partial charge in [0.2, 0.25) is 0 Å². The predicted octanol–water partition coefficient (Wildman–Crippen LogP) is 1.20. The highest BCUT2D eigenvalue weighted by Crippen LogP contribution is 2.35. The monoisotopic (exact) mass is 193 g/mol. The van der Waals surface area contributed by atoms with Crippen molar-refractivity contribution < 1.29 is 10.2 Å². The zero-order valence-corrected chi connectivity index (χ0v) is 8.06. The zero-order valence-electron chi connectivity index (χ0n) is 8.06. The van der Waals surface area contributed by atoms with Crippen molar-refractivity contribution >= 4 is 0 Å². The number of hydrogen-bond acceptors (Lipinski definition) is 3. The molecule has 0 bridgehead atoms. The smallest absolute Gasteiger partial charge is 0.107 e. The number of aliphatic hydroxyl groups is 2. The Morgan fingerprint density at radius 2 is 2.00 bits per heavy atom. The Morgan fingerprint density at radius 3 is 2.57 bits per heavy atom. The van der Waals surface area contributed by atoms with Gasteiger partial charge in [-0.2, -0.15) is 0 Å². The number of pyridine rings is 1. The van der Waals surface area contributed by atoms with E-state index in [1.807, 2.05) is 18.2 Å². The van der Waals surface area contributed by atoms with Gasteiger partial charge in [0.25, 0.3) is 0 Å². The maximum Gasteiger partial charge on any atom is 0.107 e. The fraction of sp³-hybridized carbons (Fsp3) is 0.545. The van der Waals surface area contributed by atoms with Gasteiger partial charge < -0.3 is 10.2 Å². The molecule has 1 aromatic heterocycles. The highest BCUT2D eigenvalue weighted by atomic mass is 16.3. The molecular formula is C11H15NO2. The van der Waals surface area contributed by atoms with Gasteiger partial charge >= 0.3 is 0 Å². The third kappa shape index (κ3) is 1.79. The molecule has 0 aromatic carbocycles. The quantitative estimate of drug-likeness (QED) is 0.704. The second kappa shape index (κ2) is 3.67. The molecule has 2 rings (SSSR count). The molecule has 0 radical (unpaired) electrons. The lowest BCUT2D eigenvalue weighted by atomic mass is 9.81. The van der Waals surface area contributed by atoms with Crippen LogP contribution in [0.1, 0.15) is 31.4 Å². The normalized spacial score (nSPS) is 32.9. The minimum absolute atomic E-state index is 0.251. The topological polar surface area (TPSA) is 53.4 Å². The van der Waals surface area contributed by atoms with Crippen molar-refractivity contribution in [2.75, 3.05) is 0 Å². The molecule has 0 amide bonds. The molecule has 0 aliphatic heterocycles. The predicted molar refractivity (Wildman–Crippen MR) is 52.6 cm³/mol. The van der Waals surface area contributed by atoms with Gasteiger partial charge in [-0.3, -0.25) is 4.98 Å². The van der Waals surface area contributed by atoms with Crippen molar-refractivity contribution in [3.05, 3.63) is 30.1 Å². The van der Waals surface area contributed by atoms with Crippen LogP contribution in [0.2, 0.25) is 0 Å². The molecule has 1 heterocycles. The summed E-state index contributed by atoms with van der Waals surface area (Å²) in [7, 11) is 0.